The van der Waals surface area contributed by atoms with Crippen LogP contribution in [0, 0.1) is 5.82 Å². The Kier molecular flexibility index (Phi) is 5.20. The van der Waals surface area contributed by atoms with Crippen molar-refractivity contribution in [2.45, 2.75) is 13.0 Å². The van der Waals surface area contributed by atoms with Gasteiger partial charge >= 0.3 is 5.97 Å². The Morgan fingerprint density at radius 3 is 2.71 bits per heavy atom. The van der Waals surface area contributed by atoms with Crippen LogP contribution in [0.25, 0.3) is 5.57 Å². The molecule has 0 saturated carbocycles. The standard InChI is InChI=1S/C19H18FNO2S/c20-18-15(14-8-10-24-11-9-14)6-7-16(21)17(18)19(22)23-12-13-4-2-1-3-5-13/h1-8H,9-12,21H2. The number of allylic oxidation sites excluding steroid dienone is 1. The van der Waals surface area contributed by atoms with Crippen molar-refractivity contribution < 1.29 is 13.9 Å². The first kappa shape index (κ1) is 16.6. The van der Waals surface area contributed by atoms with Crippen molar-refractivity contribution in [2.24, 2.45) is 0 Å². The maximum absolute atomic E-state index is 14.9. The Hall–Kier alpha value is -2.27. The van der Waals surface area contributed by atoms with E-state index in [4.69, 9.17) is 10.5 Å². The molecule has 1 aliphatic heterocycles. The topological polar surface area (TPSA) is 52.3 Å². The Morgan fingerprint density at radius 2 is 2.00 bits per heavy atom. The fourth-order valence-corrected chi connectivity index (χ4v) is 3.46. The molecule has 3 rings (SSSR count). The monoisotopic (exact) mass is 343 g/mol. The number of carbonyl (C=O) groups is 1. The van der Waals surface area contributed by atoms with Crippen LogP contribution in [0.15, 0.2) is 48.5 Å². The van der Waals surface area contributed by atoms with Gasteiger partial charge in [-0.05, 0) is 35.4 Å². The lowest BCUT2D eigenvalue weighted by molar-refractivity contribution is 0.0468. The van der Waals surface area contributed by atoms with Crippen LogP contribution in [0.2, 0.25) is 0 Å². The maximum Gasteiger partial charge on any atom is 0.343 e. The molecule has 0 bridgehead atoms. The molecule has 124 valence electrons. The Balaban J connectivity index is 1.84. The summed E-state index contributed by atoms with van der Waals surface area (Å²) in [4.78, 5) is 12.3. The summed E-state index contributed by atoms with van der Waals surface area (Å²) >= 11 is 1.80. The van der Waals surface area contributed by atoms with Gasteiger partial charge in [0.05, 0.1) is 0 Å². The maximum atomic E-state index is 14.9. The number of hydrogen-bond acceptors (Lipinski definition) is 4. The summed E-state index contributed by atoms with van der Waals surface area (Å²) < 4.78 is 20.1. The highest BCUT2D eigenvalue weighted by Crippen LogP contribution is 2.31. The van der Waals surface area contributed by atoms with E-state index < -0.39 is 11.8 Å². The minimum absolute atomic E-state index is 0.0854. The first-order chi connectivity index (χ1) is 11.7. The van der Waals surface area contributed by atoms with Gasteiger partial charge in [-0.25, -0.2) is 9.18 Å². The van der Waals surface area contributed by atoms with Crippen LogP contribution < -0.4 is 5.73 Å². The zero-order valence-electron chi connectivity index (χ0n) is 13.1. The van der Waals surface area contributed by atoms with E-state index in [1.54, 1.807) is 23.9 Å². The van der Waals surface area contributed by atoms with E-state index in [9.17, 15) is 9.18 Å². The van der Waals surface area contributed by atoms with Crippen molar-refractivity contribution >= 4 is 29.0 Å². The molecule has 0 aliphatic carbocycles. The fraction of sp³-hybridized carbons (Fsp3) is 0.211. The SMILES string of the molecule is Nc1ccc(C2=CCSCC2)c(F)c1C(=O)OCc1ccccc1. The molecule has 2 N–H and O–H groups in total. The minimum Gasteiger partial charge on any atom is -0.457 e. The van der Waals surface area contributed by atoms with Gasteiger partial charge in [0.15, 0.2) is 0 Å². The Morgan fingerprint density at radius 1 is 1.21 bits per heavy atom. The quantitative estimate of drug-likeness (QED) is 0.665. The molecule has 0 aromatic heterocycles. The van der Waals surface area contributed by atoms with E-state index in [1.807, 2.05) is 36.4 Å². The highest BCUT2D eigenvalue weighted by Gasteiger charge is 2.22. The fourth-order valence-electron chi connectivity index (χ4n) is 2.61. The summed E-state index contributed by atoms with van der Waals surface area (Å²) in [7, 11) is 0. The van der Waals surface area contributed by atoms with Crippen molar-refractivity contribution in [3.05, 3.63) is 71.0 Å². The molecule has 0 spiro atoms. The average molecular weight is 343 g/mol. The summed E-state index contributed by atoms with van der Waals surface area (Å²) in [6.45, 7) is 0.0854. The zero-order valence-corrected chi connectivity index (χ0v) is 13.9. The van der Waals surface area contributed by atoms with Gasteiger partial charge < -0.3 is 10.5 Å². The van der Waals surface area contributed by atoms with Crippen molar-refractivity contribution in [1.82, 2.24) is 0 Å². The molecule has 0 radical (unpaired) electrons. The van der Waals surface area contributed by atoms with Crippen LogP contribution >= 0.6 is 11.8 Å². The number of ether oxygens (including phenoxy) is 1. The number of rotatable bonds is 4. The van der Waals surface area contributed by atoms with Gasteiger partial charge in [-0.1, -0.05) is 36.4 Å². The predicted molar refractivity (Wildman–Crippen MR) is 96.3 cm³/mol. The summed E-state index contributed by atoms with van der Waals surface area (Å²) in [5, 5.41) is 0. The van der Waals surface area contributed by atoms with E-state index >= 15 is 0 Å². The van der Waals surface area contributed by atoms with Crippen molar-refractivity contribution in [3.8, 4) is 0 Å². The van der Waals surface area contributed by atoms with Crippen LogP contribution in [-0.4, -0.2) is 17.5 Å². The first-order valence-electron chi connectivity index (χ1n) is 7.73. The van der Waals surface area contributed by atoms with E-state index in [-0.39, 0.29) is 17.9 Å². The molecule has 0 amide bonds. The number of carbonyl (C=O) groups excluding carboxylic acids is 1. The lowest BCUT2D eigenvalue weighted by atomic mass is 9.98. The summed E-state index contributed by atoms with van der Waals surface area (Å²) in [5.74, 6) is 0.476. The lowest BCUT2D eigenvalue weighted by Gasteiger charge is -2.16. The van der Waals surface area contributed by atoms with E-state index in [0.29, 0.717) is 5.56 Å². The molecule has 0 atom stereocenters. The largest absolute Gasteiger partial charge is 0.457 e. The van der Waals surface area contributed by atoms with Gasteiger partial charge in [-0.2, -0.15) is 11.8 Å². The normalized spacial score (nSPS) is 14.1. The summed E-state index contributed by atoms with van der Waals surface area (Å²) in [6.07, 6.45) is 2.78. The molecule has 1 heterocycles. The van der Waals surface area contributed by atoms with Gasteiger partial charge in [-0.15, -0.1) is 0 Å². The molecular formula is C19H18FNO2S. The molecule has 0 saturated heterocycles. The van der Waals surface area contributed by atoms with Gasteiger partial charge in [-0.3, -0.25) is 0 Å². The van der Waals surface area contributed by atoms with E-state index in [1.165, 1.54) is 0 Å². The number of anilines is 1. The van der Waals surface area contributed by atoms with Crippen LogP contribution in [0.5, 0.6) is 0 Å². The minimum atomic E-state index is -0.735. The number of hydrogen-bond donors (Lipinski definition) is 1. The number of thioether (sulfide) groups is 1. The van der Waals surface area contributed by atoms with Crippen LogP contribution in [0.4, 0.5) is 10.1 Å². The number of halogens is 1. The molecule has 3 nitrogen and oxygen atoms in total. The number of nitrogen functional groups attached to an aromatic ring is 1. The highest BCUT2D eigenvalue weighted by molar-refractivity contribution is 7.99. The molecular weight excluding hydrogens is 325 g/mol. The molecule has 1 aliphatic rings. The Labute approximate surface area is 144 Å². The van der Waals surface area contributed by atoms with Crippen LogP contribution in [0.1, 0.15) is 27.9 Å². The lowest BCUT2D eigenvalue weighted by Crippen LogP contribution is -2.13. The second kappa shape index (κ2) is 7.53. The smallest absolute Gasteiger partial charge is 0.343 e. The van der Waals surface area contributed by atoms with Crippen molar-refractivity contribution in [2.75, 3.05) is 17.2 Å². The molecule has 2 aromatic carbocycles. The summed E-state index contributed by atoms with van der Waals surface area (Å²) in [6, 6.07) is 12.5. The highest BCUT2D eigenvalue weighted by atomic mass is 32.2. The number of benzene rings is 2. The zero-order chi connectivity index (χ0) is 16.9. The van der Waals surface area contributed by atoms with Gasteiger partial charge in [0, 0.05) is 17.0 Å². The molecule has 0 unspecified atom stereocenters. The summed E-state index contributed by atoms with van der Waals surface area (Å²) in [5.41, 5.74) is 7.95. The second-order valence-corrected chi connectivity index (χ2v) is 6.66. The van der Waals surface area contributed by atoms with Crippen molar-refractivity contribution in [3.63, 3.8) is 0 Å². The molecule has 5 heteroatoms. The predicted octanol–water partition coefficient (Wildman–Crippen LogP) is 4.29. The van der Waals surface area contributed by atoms with Gasteiger partial charge in [0.2, 0.25) is 0 Å². The van der Waals surface area contributed by atoms with Crippen LogP contribution in [-0.2, 0) is 11.3 Å². The van der Waals surface area contributed by atoms with E-state index in [2.05, 4.69) is 0 Å². The molecule has 0 fully saturated rings. The number of esters is 1. The van der Waals surface area contributed by atoms with E-state index in [0.717, 1.165) is 29.1 Å². The van der Waals surface area contributed by atoms with Gasteiger partial charge in [0.25, 0.3) is 0 Å². The third-order valence-corrected chi connectivity index (χ3v) is 4.80. The van der Waals surface area contributed by atoms with Crippen molar-refractivity contribution in [1.29, 1.82) is 0 Å². The average Bonchev–Trinajstić information content (AvgIpc) is 2.62. The molecule has 2 aromatic rings. The van der Waals surface area contributed by atoms with Crippen LogP contribution in [0.3, 0.4) is 0 Å². The molecule has 24 heavy (non-hydrogen) atoms. The first-order valence-corrected chi connectivity index (χ1v) is 8.88. The van der Waals surface area contributed by atoms with Gasteiger partial charge in [0.1, 0.15) is 18.0 Å². The number of nitrogens with two attached hydrogens (primary N) is 1. The Bertz CT molecular complexity index is 774. The third kappa shape index (κ3) is 3.62. The second-order valence-electron chi connectivity index (χ2n) is 5.51. The third-order valence-electron chi connectivity index (χ3n) is 3.90.